The Morgan fingerprint density at radius 2 is 2.21 bits per heavy atom. The molecule has 0 amide bonds. The summed E-state index contributed by atoms with van der Waals surface area (Å²) in [5.74, 6) is 0.851. The third-order valence-corrected chi connectivity index (χ3v) is 3.76. The first-order valence-corrected chi connectivity index (χ1v) is 7.15. The second kappa shape index (κ2) is 6.19. The molecule has 0 bridgehead atoms. The lowest BCUT2D eigenvalue weighted by Gasteiger charge is -2.23. The van der Waals surface area contributed by atoms with Gasteiger partial charge < -0.3 is 15.2 Å². The van der Waals surface area contributed by atoms with E-state index in [0.717, 1.165) is 16.9 Å². The molecule has 1 heterocycles. The largest absolute Gasteiger partial charge is 0.497 e. The number of nitrogens with one attached hydrogen (secondary N) is 1. The van der Waals surface area contributed by atoms with Crippen molar-refractivity contribution < 1.29 is 9.84 Å². The lowest BCUT2D eigenvalue weighted by atomic mass is 9.99. The summed E-state index contributed by atoms with van der Waals surface area (Å²) in [6.45, 7) is 3.05. The molecule has 1 atom stereocenters. The van der Waals surface area contributed by atoms with Crippen molar-refractivity contribution in [3.05, 3.63) is 52.2 Å². The van der Waals surface area contributed by atoms with Gasteiger partial charge in [0.2, 0.25) is 0 Å². The Morgan fingerprint density at radius 1 is 1.37 bits per heavy atom. The lowest BCUT2D eigenvalue weighted by molar-refractivity contribution is 0.0571. The molecule has 2 N–H and O–H groups in total. The fourth-order valence-corrected chi connectivity index (χ4v) is 2.69. The van der Waals surface area contributed by atoms with Gasteiger partial charge in [0.25, 0.3) is 0 Å². The molecule has 102 valence electrons. The van der Waals surface area contributed by atoms with E-state index in [2.05, 4.69) is 5.32 Å². The van der Waals surface area contributed by atoms with E-state index < -0.39 is 5.60 Å². The first kappa shape index (κ1) is 14.1. The first-order chi connectivity index (χ1) is 9.12. The summed E-state index contributed by atoms with van der Waals surface area (Å²) in [5.41, 5.74) is 1.26. The maximum Gasteiger partial charge on any atom is 0.119 e. The van der Waals surface area contributed by atoms with Gasteiger partial charge in [0.1, 0.15) is 5.75 Å². The van der Waals surface area contributed by atoms with Crippen LogP contribution in [-0.4, -0.2) is 18.8 Å². The molecule has 2 rings (SSSR count). The van der Waals surface area contributed by atoms with Crippen molar-refractivity contribution in [2.75, 3.05) is 13.7 Å². The molecule has 1 aromatic heterocycles. The van der Waals surface area contributed by atoms with Crippen LogP contribution in [0.2, 0.25) is 0 Å². The SMILES string of the molecule is COc1cccc(CNCC(C)(O)c2ccsc2)c1. The molecule has 0 fully saturated rings. The van der Waals surface area contributed by atoms with E-state index in [0.29, 0.717) is 13.1 Å². The number of aliphatic hydroxyl groups is 1. The number of hydrogen-bond acceptors (Lipinski definition) is 4. The zero-order valence-electron chi connectivity index (χ0n) is 11.2. The summed E-state index contributed by atoms with van der Waals surface area (Å²) < 4.78 is 5.19. The Bertz CT molecular complexity index is 509. The highest BCUT2D eigenvalue weighted by molar-refractivity contribution is 7.08. The maximum absolute atomic E-state index is 10.4. The van der Waals surface area contributed by atoms with Gasteiger partial charge in [-0.2, -0.15) is 11.3 Å². The number of rotatable bonds is 6. The Kier molecular flexibility index (Phi) is 4.58. The van der Waals surface area contributed by atoms with Crippen molar-refractivity contribution in [3.8, 4) is 5.75 Å². The van der Waals surface area contributed by atoms with Gasteiger partial charge in [0.05, 0.1) is 12.7 Å². The minimum atomic E-state index is -0.834. The predicted molar refractivity (Wildman–Crippen MR) is 78.6 cm³/mol. The highest BCUT2D eigenvalue weighted by atomic mass is 32.1. The molecule has 0 aliphatic rings. The summed E-state index contributed by atoms with van der Waals surface area (Å²) in [7, 11) is 1.66. The summed E-state index contributed by atoms with van der Waals surface area (Å²) in [5, 5.41) is 17.6. The van der Waals surface area contributed by atoms with Gasteiger partial charge in [-0.15, -0.1) is 0 Å². The second-order valence-electron chi connectivity index (χ2n) is 4.74. The minimum Gasteiger partial charge on any atom is -0.497 e. The predicted octanol–water partition coefficient (Wildman–Crippen LogP) is 2.75. The van der Waals surface area contributed by atoms with Crippen LogP contribution in [0.5, 0.6) is 5.75 Å². The zero-order chi connectivity index (χ0) is 13.7. The van der Waals surface area contributed by atoms with Crippen LogP contribution in [0.1, 0.15) is 18.1 Å². The van der Waals surface area contributed by atoms with Crippen molar-refractivity contribution in [2.24, 2.45) is 0 Å². The molecule has 3 nitrogen and oxygen atoms in total. The zero-order valence-corrected chi connectivity index (χ0v) is 12.0. The fraction of sp³-hybridized carbons (Fsp3) is 0.333. The highest BCUT2D eigenvalue weighted by Gasteiger charge is 2.22. The van der Waals surface area contributed by atoms with Gasteiger partial charge in [-0.25, -0.2) is 0 Å². The van der Waals surface area contributed by atoms with Crippen molar-refractivity contribution in [3.63, 3.8) is 0 Å². The standard InChI is InChI=1S/C15H19NO2S/c1-15(17,13-6-7-19-10-13)11-16-9-12-4-3-5-14(8-12)18-2/h3-8,10,16-17H,9,11H2,1-2H3. The average Bonchev–Trinajstić information content (AvgIpc) is 2.93. The van der Waals surface area contributed by atoms with E-state index >= 15 is 0 Å². The molecular formula is C15H19NO2S. The van der Waals surface area contributed by atoms with E-state index in [9.17, 15) is 5.11 Å². The smallest absolute Gasteiger partial charge is 0.119 e. The lowest BCUT2D eigenvalue weighted by Crippen LogP contribution is -2.34. The van der Waals surface area contributed by atoms with E-state index in [1.807, 2.05) is 48.0 Å². The molecule has 19 heavy (non-hydrogen) atoms. The second-order valence-corrected chi connectivity index (χ2v) is 5.52. The van der Waals surface area contributed by atoms with Crippen LogP contribution in [0, 0.1) is 0 Å². The van der Waals surface area contributed by atoms with Gasteiger partial charge in [0, 0.05) is 13.1 Å². The van der Waals surface area contributed by atoms with Crippen molar-refractivity contribution >= 4 is 11.3 Å². The van der Waals surface area contributed by atoms with Crippen LogP contribution >= 0.6 is 11.3 Å². The van der Waals surface area contributed by atoms with E-state index in [4.69, 9.17) is 4.74 Å². The molecule has 0 saturated heterocycles. The maximum atomic E-state index is 10.4. The summed E-state index contributed by atoms with van der Waals surface area (Å²) in [6, 6.07) is 9.87. The number of benzene rings is 1. The van der Waals surface area contributed by atoms with Crippen LogP contribution < -0.4 is 10.1 Å². The van der Waals surface area contributed by atoms with Gasteiger partial charge in [-0.1, -0.05) is 12.1 Å². The van der Waals surface area contributed by atoms with E-state index in [1.54, 1.807) is 18.4 Å². The minimum absolute atomic E-state index is 0.515. The molecule has 0 aliphatic carbocycles. The molecule has 0 spiro atoms. The van der Waals surface area contributed by atoms with Crippen LogP contribution in [0.25, 0.3) is 0 Å². The molecule has 0 aliphatic heterocycles. The summed E-state index contributed by atoms with van der Waals surface area (Å²) in [6.07, 6.45) is 0. The third-order valence-electron chi connectivity index (χ3n) is 3.08. The molecule has 1 unspecified atom stereocenters. The van der Waals surface area contributed by atoms with Crippen LogP contribution in [-0.2, 0) is 12.1 Å². The Morgan fingerprint density at radius 3 is 2.89 bits per heavy atom. The molecule has 2 aromatic rings. The number of methoxy groups -OCH3 is 1. The Labute approximate surface area is 117 Å². The average molecular weight is 277 g/mol. The number of thiophene rings is 1. The van der Waals surface area contributed by atoms with E-state index in [-0.39, 0.29) is 0 Å². The van der Waals surface area contributed by atoms with Crippen LogP contribution in [0.15, 0.2) is 41.1 Å². The third kappa shape index (κ3) is 3.80. The molecule has 1 aromatic carbocycles. The van der Waals surface area contributed by atoms with Crippen LogP contribution in [0.3, 0.4) is 0 Å². The number of ether oxygens (including phenoxy) is 1. The number of hydrogen-bond donors (Lipinski definition) is 2. The first-order valence-electron chi connectivity index (χ1n) is 6.20. The summed E-state index contributed by atoms with van der Waals surface area (Å²) in [4.78, 5) is 0. The molecule has 0 saturated carbocycles. The molecular weight excluding hydrogens is 258 g/mol. The van der Waals surface area contributed by atoms with Crippen LogP contribution in [0.4, 0.5) is 0 Å². The fourth-order valence-electron chi connectivity index (χ4n) is 1.91. The Hall–Kier alpha value is -1.36. The highest BCUT2D eigenvalue weighted by Crippen LogP contribution is 2.22. The van der Waals surface area contributed by atoms with Crippen molar-refractivity contribution in [2.45, 2.75) is 19.1 Å². The molecule has 0 radical (unpaired) electrons. The van der Waals surface area contributed by atoms with Gasteiger partial charge >= 0.3 is 0 Å². The van der Waals surface area contributed by atoms with Gasteiger partial charge in [0.15, 0.2) is 0 Å². The summed E-state index contributed by atoms with van der Waals surface area (Å²) >= 11 is 1.60. The van der Waals surface area contributed by atoms with Crippen molar-refractivity contribution in [1.82, 2.24) is 5.32 Å². The monoisotopic (exact) mass is 277 g/mol. The van der Waals surface area contributed by atoms with Gasteiger partial charge in [-0.3, -0.25) is 0 Å². The van der Waals surface area contributed by atoms with Gasteiger partial charge in [-0.05, 0) is 47.0 Å². The molecule has 4 heteroatoms. The van der Waals surface area contributed by atoms with E-state index in [1.165, 1.54) is 0 Å². The van der Waals surface area contributed by atoms with Crippen molar-refractivity contribution in [1.29, 1.82) is 0 Å². The Balaban J connectivity index is 1.89. The quantitative estimate of drug-likeness (QED) is 0.853. The topological polar surface area (TPSA) is 41.5 Å². The normalized spacial score (nSPS) is 14.1.